The minimum absolute atomic E-state index is 0.535. The zero-order chi connectivity index (χ0) is 20.4. The van der Waals surface area contributed by atoms with Crippen molar-refractivity contribution >= 4 is 69.2 Å². The number of hydrogen-bond acceptors (Lipinski definition) is 3. The van der Waals surface area contributed by atoms with Crippen molar-refractivity contribution in [3.8, 4) is 0 Å². The molecule has 0 radical (unpaired) electrons. The minimum Gasteiger partial charge on any atom is -0.332 e. The molecule has 0 aliphatic rings. The fraction of sp³-hybridized carbons (Fsp3) is 0.300. The Morgan fingerprint density at radius 3 is 1.61 bits per heavy atom. The molecule has 0 spiro atoms. The third-order valence-electron chi connectivity index (χ3n) is 4.02. The van der Waals surface area contributed by atoms with Gasteiger partial charge in [0.2, 0.25) is 0 Å². The van der Waals surface area contributed by atoms with Crippen LogP contribution in [0, 0.1) is 0 Å². The van der Waals surface area contributed by atoms with Crippen LogP contribution in [0.2, 0.25) is 10.0 Å². The van der Waals surface area contributed by atoms with Crippen molar-refractivity contribution in [3.05, 3.63) is 58.6 Å². The molecule has 8 heteroatoms. The smallest absolute Gasteiger partial charge is 0.179 e. The van der Waals surface area contributed by atoms with Gasteiger partial charge < -0.3 is 16.4 Å². The van der Waals surface area contributed by atoms with Gasteiger partial charge in [0.05, 0.1) is 0 Å². The Kier molecular flexibility index (Phi) is 9.95. The van der Waals surface area contributed by atoms with Gasteiger partial charge >= 0.3 is 0 Å². The number of rotatable bonds is 8. The molecule has 0 aliphatic carbocycles. The fourth-order valence-corrected chi connectivity index (χ4v) is 3.42. The van der Waals surface area contributed by atoms with Gasteiger partial charge in [-0.2, -0.15) is 0 Å². The summed E-state index contributed by atoms with van der Waals surface area (Å²) in [6.07, 6.45) is 4.16. The van der Waals surface area contributed by atoms with E-state index in [0.717, 1.165) is 43.6 Å². The van der Waals surface area contributed by atoms with Crippen LogP contribution >= 0.6 is 47.6 Å². The van der Waals surface area contributed by atoms with Gasteiger partial charge in [-0.15, -0.1) is 0 Å². The second-order valence-electron chi connectivity index (χ2n) is 6.23. The van der Waals surface area contributed by atoms with Gasteiger partial charge in [-0.05, 0) is 92.4 Å². The molecule has 0 unspecified atom stereocenters. The lowest BCUT2D eigenvalue weighted by atomic mass is 10.2. The molecule has 0 bridgehead atoms. The van der Waals surface area contributed by atoms with Gasteiger partial charge in [-0.3, -0.25) is 4.90 Å². The van der Waals surface area contributed by atoms with E-state index in [2.05, 4.69) is 10.6 Å². The highest BCUT2D eigenvalue weighted by molar-refractivity contribution is 7.82. The second-order valence-corrected chi connectivity index (χ2v) is 7.87. The van der Waals surface area contributed by atoms with E-state index in [0.29, 0.717) is 26.8 Å². The first kappa shape index (κ1) is 22.8. The molecule has 2 rings (SSSR count). The molecular formula is C20H24Cl2N4S2. The highest BCUT2D eigenvalue weighted by atomic mass is 35.5. The molecule has 0 heterocycles. The molecule has 150 valence electrons. The van der Waals surface area contributed by atoms with Crippen LogP contribution in [0.1, 0.15) is 25.7 Å². The zero-order valence-electron chi connectivity index (χ0n) is 15.5. The first-order valence-corrected chi connectivity index (χ1v) is 10.7. The van der Waals surface area contributed by atoms with E-state index in [1.807, 2.05) is 53.4 Å². The Balaban J connectivity index is 2.03. The molecule has 0 saturated heterocycles. The number of nitrogens with zero attached hydrogens (tertiary/aromatic N) is 1. The van der Waals surface area contributed by atoms with Gasteiger partial charge in [0.25, 0.3) is 0 Å². The van der Waals surface area contributed by atoms with Crippen LogP contribution < -0.4 is 16.4 Å². The first-order valence-electron chi connectivity index (χ1n) is 9.10. The molecule has 0 amide bonds. The number of anilines is 2. The SMILES string of the molecule is NCCCCCCN(C(=S)Nc1ccc(Cl)cc1)C(=S)Nc1ccc(Cl)cc1. The second kappa shape index (κ2) is 12.2. The molecule has 2 aromatic rings. The summed E-state index contributed by atoms with van der Waals surface area (Å²) < 4.78 is 0. The summed E-state index contributed by atoms with van der Waals surface area (Å²) in [6, 6.07) is 14.8. The van der Waals surface area contributed by atoms with E-state index in [1.165, 1.54) is 0 Å². The predicted octanol–water partition coefficient (Wildman–Crippen LogP) is 5.91. The number of nitrogens with one attached hydrogen (secondary N) is 2. The predicted molar refractivity (Wildman–Crippen MR) is 130 cm³/mol. The highest BCUT2D eigenvalue weighted by Gasteiger charge is 2.15. The van der Waals surface area contributed by atoms with E-state index in [1.54, 1.807) is 0 Å². The summed E-state index contributed by atoms with van der Waals surface area (Å²) in [5, 5.41) is 8.87. The van der Waals surface area contributed by atoms with Gasteiger partial charge in [-0.25, -0.2) is 0 Å². The third-order valence-corrected chi connectivity index (χ3v) is 5.17. The van der Waals surface area contributed by atoms with Crippen LogP contribution in [0.25, 0.3) is 0 Å². The average Bonchev–Trinajstić information content (AvgIpc) is 2.68. The molecule has 28 heavy (non-hydrogen) atoms. The largest absolute Gasteiger partial charge is 0.332 e. The molecule has 4 nitrogen and oxygen atoms in total. The Hall–Kier alpha value is -1.44. The van der Waals surface area contributed by atoms with E-state index in [-0.39, 0.29) is 0 Å². The first-order chi connectivity index (χ1) is 13.5. The van der Waals surface area contributed by atoms with Gasteiger partial charge in [-0.1, -0.05) is 36.0 Å². The number of unbranched alkanes of at least 4 members (excludes halogenated alkanes) is 3. The molecule has 0 aromatic heterocycles. The van der Waals surface area contributed by atoms with E-state index in [4.69, 9.17) is 53.4 Å². The molecule has 0 saturated carbocycles. The molecule has 0 aliphatic heterocycles. The lowest BCUT2D eigenvalue weighted by molar-refractivity contribution is 0.546. The maximum absolute atomic E-state index is 5.95. The van der Waals surface area contributed by atoms with Crippen molar-refractivity contribution in [2.45, 2.75) is 25.7 Å². The van der Waals surface area contributed by atoms with E-state index < -0.39 is 0 Å². The number of nitrogens with two attached hydrogens (primary N) is 1. The van der Waals surface area contributed by atoms with Crippen molar-refractivity contribution in [2.24, 2.45) is 5.73 Å². The minimum atomic E-state index is 0.535. The lowest BCUT2D eigenvalue weighted by Gasteiger charge is -2.27. The number of hydrogen-bond donors (Lipinski definition) is 3. The van der Waals surface area contributed by atoms with Gasteiger partial charge in [0.15, 0.2) is 10.2 Å². The normalized spacial score (nSPS) is 10.4. The van der Waals surface area contributed by atoms with Crippen molar-refractivity contribution in [1.82, 2.24) is 4.90 Å². The fourth-order valence-electron chi connectivity index (χ4n) is 2.51. The Labute approximate surface area is 187 Å². The number of benzene rings is 2. The maximum Gasteiger partial charge on any atom is 0.179 e. The Morgan fingerprint density at radius 1 is 0.750 bits per heavy atom. The summed E-state index contributed by atoms with van der Waals surface area (Å²) in [6.45, 7) is 1.43. The number of halogens is 2. The Bertz CT molecular complexity index is 707. The molecule has 2 aromatic carbocycles. The maximum atomic E-state index is 5.95. The van der Waals surface area contributed by atoms with E-state index >= 15 is 0 Å². The third kappa shape index (κ3) is 7.89. The van der Waals surface area contributed by atoms with Crippen LogP contribution in [0.4, 0.5) is 11.4 Å². The molecular weight excluding hydrogens is 431 g/mol. The zero-order valence-corrected chi connectivity index (χ0v) is 18.6. The molecule has 0 atom stereocenters. The standard InChI is InChI=1S/C20H24Cl2N4S2/c21-15-5-9-17(10-6-15)24-19(27)26(14-4-2-1-3-13-23)20(28)25-18-11-7-16(22)8-12-18/h5-12H,1-4,13-14,23H2,(H,24,27)(H,25,28). The summed E-state index contributed by atoms with van der Waals surface area (Å²) >= 11 is 23.1. The van der Waals surface area contributed by atoms with Gasteiger partial charge in [0, 0.05) is 28.0 Å². The van der Waals surface area contributed by atoms with Gasteiger partial charge in [0.1, 0.15) is 0 Å². The molecule has 4 N–H and O–H groups in total. The van der Waals surface area contributed by atoms with Crippen LogP contribution in [0.5, 0.6) is 0 Å². The van der Waals surface area contributed by atoms with Crippen LogP contribution in [0.15, 0.2) is 48.5 Å². The topological polar surface area (TPSA) is 53.3 Å². The quantitative estimate of drug-likeness (QED) is 0.340. The van der Waals surface area contributed by atoms with Crippen LogP contribution in [0.3, 0.4) is 0 Å². The molecule has 0 fully saturated rings. The lowest BCUT2D eigenvalue weighted by Crippen LogP contribution is -2.42. The highest BCUT2D eigenvalue weighted by Crippen LogP contribution is 2.17. The Morgan fingerprint density at radius 2 is 1.18 bits per heavy atom. The van der Waals surface area contributed by atoms with Crippen molar-refractivity contribution in [3.63, 3.8) is 0 Å². The summed E-state index contributed by atoms with van der Waals surface area (Å²) in [5.41, 5.74) is 7.29. The summed E-state index contributed by atoms with van der Waals surface area (Å²) in [7, 11) is 0. The van der Waals surface area contributed by atoms with E-state index in [9.17, 15) is 0 Å². The summed E-state index contributed by atoms with van der Waals surface area (Å²) in [5.74, 6) is 0. The van der Waals surface area contributed by atoms with Crippen molar-refractivity contribution in [1.29, 1.82) is 0 Å². The van der Waals surface area contributed by atoms with Crippen LogP contribution in [-0.2, 0) is 0 Å². The monoisotopic (exact) mass is 454 g/mol. The average molecular weight is 455 g/mol. The summed E-state index contributed by atoms with van der Waals surface area (Å²) in [4.78, 5) is 1.90. The van der Waals surface area contributed by atoms with Crippen molar-refractivity contribution in [2.75, 3.05) is 23.7 Å². The van der Waals surface area contributed by atoms with Crippen LogP contribution in [-0.4, -0.2) is 28.2 Å². The van der Waals surface area contributed by atoms with Crippen molar-refractivity contribution < 1.29 is 0 Å². The number of thiocarbonyl (C=S) groups is 2.